The van der Waals surface area contributed by atoms with Gasteiger partial charge in [-0.3, -0.25) is 19.2 Å². The van der Waals surface area contributed by atoms with Gasteiger partial charge in [-0.1, -0.05) is 32.9 Å². The van der Waals surface area contributed by atoms with Crippen LogP contribution in [0.25, 0.3) is 10.4 Å². The third-order valence-corrected chi connectivity index (χ3v) is 8.74. The maximum atomic E-state index is 13.6. The molecule has 0 spiro atoms. The molecule has 0 radical (unpaired) electrons. The van der Waals surface area contributed by atoms with Crippen molar-refractivity contribution in [3.8, 4) is 16.2 Å². The molecule has 3 rings (SSSR count). The Morgan fingerprint density at radius 2 is 1.91 bits per heavy atom. The van der Waals surface area contributed by atoms with Gasteiger partial charge in [0.25, 0.3) is 0 Å². The number of amides is 4. The Labute approximate surface area is 269 Å². The highest BCUT2D eigenvalue weighted by Crippen LogP contribution is 2.35. The van der Waals surface area contributed by atoms with Gasteiger partial charge in [0.05, 0.1) is 41.4 Å². The fraction of sp³-hybridized carbons (Fsp3) is 0.594. The van der Waals surface area contributed by atoms with Crippen LogP contribution in [0, 0.1) is 12.3 Å². The molecule has 1 saturated heterocycles. The molecule has 4 atom stereocenters. The first-order valence-electron chi connectivity index (χ1n) is 15.4. The lowest BCUT2D eigenvalue weighted by molar-refractivity contribution is -0.144. The highest BCUT2D eigenvalue weighted by molar-refractivity contribution is 7.13. The van der Waals surface area contributed by atoms with Crippen LogP contribution in [-0.4, -0.2) is 83.0 Å². The molecule has 1 aromatic carbocycles. The standard InChI is InChI=1S/C32H48N6O6S/c1-19(36-30(42)25-15-23(40)17-38(25)31(43)29(32(4,5)6)37-21(3)39)24-11-10-22(28-20(2)35-18-45-28)14-26(24)44-13-9-7-8-12-34-27(41)16-33/h10-11,14,18-19,23,25,29,40H,7-9,12-13,15-17,33H2,1-6H3,(H,34,41)(H,36,42)(H,37,39)/t19-,23+,25-,29+/m0/s1. The Balaban J connectivity index is 1.75. The lowest BCUT2D eigenvalue weighted by Crippen LogP contribution is -2.57. The Bertz CT molecular complexity index is 1340. The summed E-state index contributed by atoms with van der Waals surface area (Å²) in [5.41, 5.74) is 9.16. The lowest BCUT2D eigenvalue weighted by Gasteiger charge is -2.35. The number of unbranched alkanes of at least 4 members (excludes halogenated alkanes) is 2. The largest absolute Gasteiger partial charge is 0.493 e. The Morgan fingerprint density at radius 3 is 2.53 bits per heavy atom. The van der Waals surface area contributed by atoms with E-state index >= 15 is 0 Å². The first kappa shape index (κ1) is 35.9. The number of nitrogens with two attached hydrogens (primary N) is 1. The van der Waals surface area contributed by atoms with Crippen LogP contribution in [-0.2, 0) is 19.2 Å². The van der Waals surface area contributed by atoms with E-state index in [-0.39, 0.29) is 31.3 Å². The van der Waals surface area contributed by atoms with Crippen LogP contribution < -0.4 is 26.4 Å². The SMILES string of the molecule is CC(=O)N[C@H](C(=O)N1C[C@H](O)C[C@H]1C(=O)N[C@@H](C)c1ccc(-c2scnc2C)cc1OCCCCCNC(=O)CN)C(C)(C)C. The van der Waals surface area contributed by atoms with Gasteiger partial charge < -0.3 is 36.4 Å². The molecule has 0 aliphatic carbocycles. The molecule has 1 aliphatic heterocycles. The number of carbonyl (C=O) groups excluding carboxylic acids is 4. The van der Waals surface area contributed by atoms with E-state index < -0.39 is 41.5 Å². The fourth-order valence-electron chi connectivity index (χ4n) is 5.33. The number of aromatic nitrogens is 1. The minimum Gasteiger partial charge on any atom is -0.493 e. The van der Waals surface area contributed by atoms with Gasteiger partial charge in [-0.25, -0.2) is 4.98 Å². The third-order valence-electron chi connectivity index (χ3n) is 7.76. The molecule has 0 bridgehead atoms. The number of thiazole rings is 1. The van der Waals surface area contributed by atoms with Gasteiger partial charge in [-0.05, 0) is 50.2 Å². The third kappa shape index (κ3) is 9.97. The van der Waals surface area contributed by atoms with Gasteiger partial charge >= 0.3 is 0 Å². The maximum Gasteiger partial charge on any atom is 0.246 e. The number of aliphatic hydroxyl groups is 1. The molecule has 13 heteroatoms. The van der Waals surface area contributed by atoms with Crippen molar-refractivity contribution in [1.29, 1.82) is 0 Å². The zero-order valence-corrected chi connectivity index (χ0v) is 28.0. The summed E-state index contributed by atoms with van der Waals surface area (Å²) in [6, 6.07) is 3.64. The van der Waals surface area contributed by atoms with Gasteiger partial charge in [0, 0.05) is 32.0 Å². The molecule has 45 heavy (non-hydrogen) atoms. The highest BCUT2D eigenvalue weighted by Gasteiger charge is 2.44. The molecule has 1 aliphatic rings. The number of nitrogens with one attached hydrogen (secondary N) is 3. The van der Waals surface area contributed by atoms with E-state index in [2.05, 4.69) is 20.9 Å². The average molecular weight is 645 g/mol. The van der Waals surface area contributed by atoms with E-state index in [1.165, 1.54) is 23.2 Å². The van der Waals surface area contributed by atoms with Gasteiger partial charge in [0.1, 0.15) is 17.8 Å². The van der Waals surface area contributed by atoms with Crippen molar-refractivity contribution in [3.05, 3.63) is 35.0 Å². The second-order valence-corrected chi connectivity index (χ2v) is 13.5. The van der Waals surface area contributed by atoms with Crippen molar-refractivity contribution in [2.75, 3.05) is 26.2 Å². The molecule has 0 saturated carbocycles. The van der Waals surface area contributed by atoms with E-state index in [0.29, 0.717) is 18.9 Å². The predicted octanol–water partition coefficient (Wildman–Crippen LogP) is 2.43. The molecular formula is C32H48N6O6S. The molecule has 6 N–H and O–H groups in total. The normalized spacial score (nSPS) is 17.8. The smallest absolute Gasteiger partial charge is 0.246 e. The number of hydrogen-bond acceptors (Lipinski definition) is 9. The van der Waals surface area contributed by atoms with Crippen molar-refractivity contribution >= 4 is 35.0 Å². The van der Waals surface area contributed by atoms with Crippen molar-refractivity contribution in [1.82, 2.24) is 25.8 Å². The number of rotatable bonds is 14. The number of nitrogens with zero attached hydrogens (tertiary/aromatic N) is 2. The van der Waals surface area contributed by atoms with Crippen LogP contribution >= 0.6 is 11.3 Å². The van der Waals surface area contributed by atoms with Crippen LogP contribution in [0.1, 0.15) is 77.6 Å². The van der Waals surface area contributed by atoms with Gasteiger partial charge in [0.15, 0.2) is 0 Å². The van der Waals surface area contributed by atoms with E-state index in [0.717, 1.165) is 41.0 Å². The molecule has 4 amide bonds. The summed E-state index contributed by atoms with van der Waals surface area (Å²) in [6.45, 7) is 11.6. The number of likely N-dealkylation sites (tertiary alicyclic amines) is 1. The number of ether oxygens (including phenoxy) is 1. The quantitative estimate of drug-likeness (QED) is 0.195. The molecule has 2 aromatic rings. The summed E-state index contributed by atoms with van der Waals surface area (Å²) in [5.74, 6) is -0.694. The van der Waals surface area contributed by atoms with Gasteiger partial charge in [-0.15, -0.1) is 11.3 Å². The first-order valence-corrected chi connectivity index (χ1v) is 16.3. The van der Waals surface area contributed by atoms with Crippen molar-refractivity contribution in [2.24, 2.45) is 11.1 Å². The monoisotopic (exact) mass is 644 g/mol. The summed E-state index contributed by atoms with van der Waals surface area (Å²) in [6.07, 6.45) is 1.65. The molecule has 248 valence electrons. The number of β-amino-alcohol motifs (C(OH)–C–C–N with tert-alkyl or cyclic N) is 1. The molecule has 1 aromatic heterocycles. The number of aliphatic hydroxyl groups excluding tert-OH is 1. The number of carbonyl (C=O) groups is 4. The van der Waals surface area contributed by atoms with Crippen molar-refractivity contribution in [3.63, 3.8) is 0 Å². The zero-order valence-electron chi connectivity index (χ0n) is 27.1. The molecular weight excluding hydrogens is 596 g/mol. The summed E-state index contributed by atoms with van der Waals surface area (Å²) < 4.78 is 6.26. The van der Waals surface area contributed by atoms with Crippen LogP contribution in [0.5, 0.6) is 5.75 Å². The number of aryl methyl sites for hydroxylation is 1. The molecule has 0 unspecified atom stereocenters. The Hall–Kier alpha value is -3.55. The zero-order chi connectivity index (χ0) is 33.3. The summed E-state index contributed by atoms with van der Waals surface area (Å²) >= 11 is 1.54. The van der Waals surface area contributed by atoms with Crippen LogP contribution in [0.4, 0.5) is 0 Å². The van der Waals surface area contributed by atoms with Crippen molar-refractivity contribution in [2.45, 2.75) is 91.5 Å². The number of hydrogen-bond donors (Lipinski definition) is 5. The fourth-order valence-corrected chi connectivity index (χ4v) is 6.14. The second-order valence-electron chi connectivity index (χ2n) is 12.6. The highest BCUT2D eigenvalue weighted by atomic mass is 32.1. The average Bonchev–Trinajstić information content (AvgIpc) is 3.59. The molecule has 2 heterocycles. The van der Waals surface area contributed by atoms with Crippen LogP contribution in [0.2, 0.25) is 0 Å². The van der Waals surface area contributed by atoms with E-state index in [1.54, 1.807) is 5.51 Å². The number of benzene rings is 1. The minimum atomic E-state index is -0.892. The molecule has 12 nitrogen and oxygen atoms in total. The Kier molecular flexibility index (Phi) is 12.9. The minimum absolute atomic E-state index is 0.00459. The van der Waals surface area contributed by atoms with Gasteiger partial charge in [-0.2, -0.15) is 0 Å². The predicted molar refractivity (Wildman–Crippen MR) is 173 cm³/mol. The molecule has 1 fully saturated rings. The van der Waals surface area contributed by atoms with E-state index in [4.69, 9.17) is 10.5 Å². The van der Waals surface area contributed by atoms with Crippen molar-refractivity contribution < 1.29 is 29.0 Å². The summed E-state index contributed by atoms with van der Waals surface area (Å²) in [5, 5.41) is 19.0. The summed E-state index contributed by atoms with van der Waals surface area (Å²) in [7, 11) is 0. The van der Waals surface area contributed by atoms with Crippen LogP contribution in [0.15, 0.2) is 23.7 Å². The maximum absolute atomic E-state index is 13.6. The Morgan fingerprint density at radius 1 is 1.18 bits per heavy atom. The van der Waals surface area contributed by atoms with Gasteiger partial charge in [0.2, 0.25) is 23.6 Å². The topological polar surface area (TPSA) is 176 Å². The van der Waals surface area contributed by atoms with E-state index in [9.17, 15) is 24.3 Å². The first-order chi connectivity index (χ1) is 21.2. The van der Waals surface area contributed by atoms with E-state index in [1.807, 2.05) is 52.8 Å². The van der Waals surface area contributed by atoms with Crippen LogP contribution in [0.3, 0.4) is 0 Å². The lowest BCUT2D eigenvalue weighted by atomic mass is 9.85. The second kappa shape index (κ2) is 16.1. The summed E-state index contributed by atoms with van der Waals surface area (Å²) in [4.78, 5) is 57.2.